The molecule has 0 aromatic carbocycles. The highest BCUT2D eigenvalue weighted by atomic mass is 32.2. The summed E-state index contributed by atoms with van der Waals surface area (Å²) < 4.78 is 0. The van der Waals surface area contributed by atoms with Gasteiger partial charge in [-0.25, -0.2) is 0 Å². The molecule has 0 aliphatic rings. The fraction of sp³-hybridized carbons (Fsp3) is 0.625. The van der Waals surface area contributed by atoms with Gasteiger partial charge in [-0.05, 0) is 38.2 Å². The van der Waals surface area contributed by atoms with Crippen molar-refractivity contribution in [2.45, 2.75) is 19.3 Å². The third-order valence-electron chi connectivity index (χ3n) is 1.05. The summed E-state index contributed by atoms with van der Waals surface area (Å²) in [7, 11) is 0. The van der Waals surface area contributed by atoms with Crippen molar-refractivity contribution in [3.05, 3.63) is 19.1 Å². The Labute approximate surface area is 62.7 Å². The molecule has 0 aromatic heterocycles. The maximum absolute atomic E-state index is 3.71. The van der Waals surface area contributed by atoms with Crippen LogP contribution < -0.4 is 0 Å². The minimum absolute atomic E-state index is 0.930. The van der Waals surface area contributed by atoms with Crippen LogP contribution in [-0.2, 0) is 0 Å². The van der Waals surface area contributed by atoms with Gasteiger partial charge in [-0.2, -0.15) is 11.8 Å². The molecule has 0 aromatic rings. The van der Waals surface area contributed by atoms with Crippen LogP contribution in [-0.4, -0.2) is 12.0 Å². The molecule has 0 aliphatic heterocycles. The van der Waals surface area contributed by atoms with Gasteiger partial charge in [-0.1, -0.05) is 12.2 Å². The van der Waals surface area contributed by atoms with Crippen LogP contribution >= 0.6 is 11.8 Å². The molecule has 0 amide bonds. The number of thioether (sulfide) groups is 1. The molecule has 0 fully saturated rings. The van der Waals surface area contributed by atoms with Crippen molar-refractivity contribution in [3.8, 4) is 0 Å². The smallest absolute Gasteiger partial charge is 0.00674 e. The van der Waals surface area contributed by atoms with Crippen LogP contribution in [0, 0.1) is 6.92 Å². The first kappa shape index (κ1) is 9.09. The van der Waals surface area contributed by atoms with Crippen molar-refractivity contribution in [2.75, 3.05) is 12.0 Å². The van der Waals surface area contributed by atoms with Crippen molar-refractivity contribution in [1.82, 2.24) is 0 Å². The van der Waals surface area contributed by atoms with Crippen LogP contribution in [0.5, 0.6) is 0 Å². The normalized spacial score (nSPS) is 10.9. The fourth-order valence-corrected chi connectivity index (χ4v) is 1.04. The second-order valence-corrected chi connectivity index (χ2v) is 2.88. The predicted molar refractivity (Wildman–Crippen MR) is 46.7 cm³/mol. The summed E-state index contributed by atoms with van der Waals surface area (Å²) in [4.78, 5) is 0. The van der Waals surface area contributed by atoms with Gasteiger partial charge in [0.05, 0.1) is 0 Å². The van der Waals surface area contributed by atoms with Crippen LogP contribution in [0.3, 0.4) is 0 Å². The Bertz CT molecular complexity index is 67.0. The van der Waals surface area contributed by atoms with Gasteiger partial charge in [0.1, 0.15) is 0 Å². The van der Waals surface area contributed by atoms with E-state index in [1.807, 2.05) is 11.8 Å². The Balaban J connectivity index is 2.82. The molecule has 0 spiro atoms. The van der Waals surface area contributed by atoms with Crippen LogP contribution in [0.2, 0.25) is 0 Å². The zero-order chi connectivity index (χ0) is 6.95. The lowest BCUT2D eigenvalue weighted by Crippen LogP contribution is -1.74. The molecule has 0 heterocycles. The van der Waals surface area contributed by atoms with E-state index in [9.17, 15) is 0 Å². The van der Waals surface area contributed by atoms with Crippen LogP contribution in [0.25, 0.3) is 0 Å². The molecule has 0 saturated heterocycles. The molecular formula is C8H15S. The van der Waals surface area contributed by atoms with Crippen molar-refractivity contribution >= 4 is 11.8 Å². The van der Waals surface area contributed by atoms with Gasteiger partial charge in [0.25, 0.3) is 0 Å². The number of hydrogen-bond acceptors (Lipinski definition) is 1. The van der Waals surface area contributed by atoms with Crippen LogP contribution in [0.15, 0.2) is 12.2 Å². The lowest BCUT2D eigenvalue weighted by molar-refractivity contribution is 0.968. The molecule has 0 rings (SSSR count). The van der Waals surface area contributed by atoms with E-state index < -0.39 is 0 Å². The zero-order valence-electron chi connectivity index (χ0n) is 6.10. The molecule has 0 saturated carbocycles. The fourth-order valence-electron chi connectivity index (χ4n) is 0.581. The largest absolute Gasteiger partial charge is 0.165 e. The third kappa shape index (κ3) is 8.09. The number of rotatable bonds is 5. The lowest BCUT2D eigenvalue weighted by Gasteiger charge is -1.89. The Kier molecular flexibility index (Phi) is 8.17. The Morgan fingerprint density at radius 1 is 1.44 bits per heavy atom. The van der Waals surface area contributed by atoms with Crippen LogP contribution in [0.1, 0.15) is 19.3 Å². The molecule has 0 bridgehead atoms. The van der Waals surface area contributed by atoms with Crippen molar-refractivity contribution in [3.63, 3.8) is 0 Å². The monoisotopic (exact) mass is 143 g/mol. The number of hydrogen-bond donors (Lipinski definition) is 0. The van der Waals surface area contributed by atoms with E-state index in [0.29, 0.717) is 0 Å². The molecule has 0 N–H and O–H groups in total. The van der Waals surface area contributed by atoms with E-state index in [1.54, 1.807) is 0 Å². The highest BCUT2D eigenvalue weighted by molar-refractivity contribution is 7.98. The average molecular weight is 143 g/mol. The second-order valence-electron chi connectivity index (χ2n) is 1.90. The molecule has 0 unspecified atom stereocenters. The summed E-state index contributed by atoms with van der Waals surface area (Å²) >= 11 is 1.91. The Hall–Kier alpha value is 0.0900. The summed E-state index contributed by atoms with van der Waals surface area (Å²) in [6.45, 7) is 3.71. The van der Waals surface area contributed by atoms with Crippen molar-refractivity contribution in [1.29, 1.82) is 0 Å². The topological polar surface area (TPSA) is 0 Å². The SMILES string of the molecule is [CH2]CC=CCCCSC. The first-order valence-electron chi connectivity index (χ1n) is 3.35. The van der Waals surface area contributed by atoms with Crippen molar-refractivity contribution < 1.29 is 0 Å². The van der Waals surface area contributed by atoms with E-state index in [1.165, 1.54) is 18.6 Å². The van der Waals surface area contributed by atoms with Gasteiger partial charge in [0, 0.05) is 0 Å². The summed E-state index contributed by atoms with van der Waals surface area (Å²) in [5.74, 6) is 1.28. The Morgan fingerprint density at radius 3 is 2.78 bits per heavy atom. The summed E-state index contributed by atoms with van der Waals surface area (Å²) in [5, 5.41) is 0. The highest BCUT2D eigenvalue weighted by Crippen LogP contribution is 1.99. The molecule has 9 heavy (non-hydrogen) atoms. The highest BCUT2D eigenvalue weighted by Gasteiger charge is 1.79. The van der Waals surface area contributed by atoms with E-state index in [0.717, 1.165) is 6.42 Å². The number of unbranched alkanes of at least 4 members (excludes halogenated alkanes) is 1. The molecule has 1 heteroatoms. The van der Waals surface area contributed by atoms with Gasteiger partial charge >= 0.3 is 0 Å². The lowest BCUT2D eigenvalue weighted by atomic mass is 10.3. The first-order valence-corrected chi connectivity index (χ1v) is 4.74. The maximum atomic E-state index is 3.71. The summed E-state index contributed by atoms with van der Waals surface area (Å²) in [5.41, 5.74) is 0. The molecule has 53 valence electrons. The van der Waals surface area contributed by atoms with Gasteiger partial charge in [-0.3, -0.25) is 0 Å². The maximum Gasteiger partial charge on any atom is -0.00674 e. The minimum atomic E-state index is 0.930. The van der Waals surface area contributed by atoms with Crippen molar-refractivity contribution in [2.24, 2.45) is 0 Å². The Morgan fingerprint density at radius 2 is 2.22 bits per heavy atom. The molecular weight excluding hydrogens is 128 g/mol. The van der Waals surface area contributed by atoms with Crippen LogP contribution in [0.4, 0.5) is 0 Å². The molecule has 0 aliphatic carbocycles. The summed E-state index contributed by atoms with van der Waals surface area (Å²) in [6.07, 6.45) is 9.93. The standard InChI is InChI=1S/C8H15S/c1-3-4-5-6-7-8-9-2/h4-5H,1,3,6-8H2,2H3. The molecule has 1 radical (unpaired) electrons. The van der Waals surface area contributed by atoms with E-state index in [-0.39, 0.29) is 0 Å². The quantitative estimate of drug-likeness (QED) is 0.421. The van der Waals surface area contributed by atoms with Gasteiger partial charge < -0.3 is 0 Å². The zero-order valence-corrected chi connectivity index (χ0v) is 6.91. The average Bonchev–Trinajstić information content (AvgIpc) is 1.89. The molecule has 0 nitrogen and oxygen atoms in total. The second kappa shape index (κ2) is 8.09. The summed E-state index contributed by atoms with van der Waals surface area (Å²) in [6, 6.07) is 0. The van der Waals surface area contributed by atoms with E-state index >= 15 is 0 Å². The van der Waals surface area contributed by atoms with Gasteiger partial charge in [-0.15, -0.1) is 0 Å². The number of allylic oxidation sites excluding steroid dienone is 2. The predicted octanol–water partition coefficient (Wildman–Crippen LogP) is 2.91. The minimum Gasteiger partial charge on any atom is -0.165 e. The van der Waals surface area contributed by atoms with E-state index in [4.69, 9.17) is 0 Å². The van der Waals surface area contributed by atoms with E-state index in [2.05, 4.69) is 25.3 Å². The first-order chi connectivity index (χ1) is 4.41. The molecule has 0 atom stereocenters. The van der Waals surface area contributed by atoms with Gasteiger partial charge in [0.15, 0.2) is 0 Å². The van der Waals surface area contributed by atoms with Gasteiger partial charge in [0.2, 0.25) is 0 Å². The third-order valence-corrected chi connectivity index (χ3v) is 1.75.